The fraction of sp³-hybridized carbons (Fsp3) is 0.647. The first-order valence-electron chi connectivity index (χ1n) is 7.80. The third kappa shape index (κ3) is 1.83. The highest BCUT2D eigenvalue weighted by Gasteiger charge is 2.44. The number of allylic oxidation sites excluding steroid dienone is 3. The highest BCUT2D eigenvalue weighted by atomic mass is 16.5. The van der Waals surface area contributed by atoms with Crippen molar-refractivity contribution in [2.45, 2.75) is 38.5 Å². The molecular weight excluding hydrogens is 252 g/mol. The van der Waals surface area contributed by atoms with Gasteiger partial charge in [0, 0.05) is 18.8 Å². The standard InChI is InChI=1S/C17H20O3/c18-11-2-4-12-10(7-11)1-3-13-14-5-6-17(19)16(14)9-20-8-15(12)13/h7,13-14,16H,1-6,8-9H2. The summed E-state index contributed by atoms with van der Waals surface area (Å²) in [6.07, 6.45) is 7.24. The number of carbonyl (C=O) groups is 2. The summed E-state index contributed by atoms with van der Waals surface area (Å²) in [5.74, 6) is 1.82. The fourth-order valence-corrected chi connectivity index (χ4v) is 4.66. The van der Waals surface area contributed by atoms with Gasteiger partial charge in [-0.15, -0.1) is 0 Å². The number of ether oxygens (including phenoxy) is 1. The van der Waals surface area contributed by atoms with E-state index in [0.717, 1.165) is 32.1 Å². The predicted octanol–water partition coefficient (Wildman–Crippen LogP) is 2.61. The van der Waals surface area contributed by atoms with Gasteiger partial charge < -0.3 is 4.74 Å². The quantitative estimate of drug-likeness (QED) is 0.681. The molecule has 0 N–H and O–H groups in total. The van der Waals surface area contributed by atoms with Crippen LogP contribution in [0.2, 0.25) is 0 Å². The molecule has 2 fully saturated rings. The van der Waals surface area contributed by atoms with Gasteiger partial charge in [-0.1, -0.05) is 0 Å². The van der Waals surface area contributed by atoms with Crippen LogP contribution in [-0.4, -0.2) is 24.8 Å². The molecule has 3 nitrogen and oxygen atoms in total. The van der Waals surface area contributed by atoms with Gasteiger partial charge >= 0.3 is 0 Å². The van der Waals surface area contributed by atoms with Crippen molar-refractivity contribution < 1.29 is 14.3 Å². The van der Waals surface area contributed by atoms with Gasteiger partial charge in [0.25, 0.3) is 0 Å². The van der Waals surface area contributed by atoms with E-state index in [-0.39, 0.29) is 11.7 Å². The molecule has 3 atom stereocenters. The minimum atomic E-state index is 0.133. The van der Waals surface area contributed by atoms with Gasteiger partial charge in [0.2, 0.25) is 0 Å². The van der Waals surface area contributed by atoms with E-state index in [1.54, 1.807) is 0 Å². The van der Waals surface area contributed by atoms with E-state index in [1.807, 2.05) is 6.08 Å². The van der Waals surface area contributed by atoms with Crippen LogP contribution in [0.4, 0.5) is 0 Å². The summed E-state index contributed by atoms with van der Waals surface area (Å²) in [4.78, 5) is 23.6. The van der Waals surface area contributed by atoms with Gasteiger partial charge in [0.15, 0.2) is 5.78 Å². The van der Waals surface area contributed by atoms with Gasteiger partial charge in [-0.25, -0.2) is 0 Å². The smallest absolute Gasteiger partial charge is 0.156 e. The third-order valence-corrected chi connectivity index (χ3v) is 5.63. The van der Waals surface area contributed by atoms with Crippen molar-refractivity contribution in [3.8, 4) is 0 Å². The van der Waals surface area contributed by atoms with Gasteiger partial charge in [0.1, 0.15) is 5.78 Å². The summed E-state index contributed by atoms with van der Waals surface area (Å²) in [6.45, 7) is 1.28. The van der Waals surface area contributed by atoms with Crippen LogP contribution in [0.15, 0.2) is 22.8 Å². The van der Waals surface area contributed by atoms with Crippen molar-refractivity contribution in [1.29, 1.82) is 0 Å². The van der Waals surface area contributed by atoms with Crippen LogP contribution in [0.25, 0.3) is 0 Å². The number of fused-ring (bicyclic) bond motifs is 4. The first-order valence-corrected chi connectivity index (χ1v) is 7.80. The van der Waals surface area contributed by atoms with Crippen LogP contribution >= 0.6 is 0 Å². The highest BCUT2D eigenvalue weighted by molar-refractivity contribution is 5.93. The Bertz CT molecular complexity index is 540. The van der Waals surface area contributed by atoms with Crippen LogP contribution in [0.5, 0.6) is 0 Å². The molecule has 1 aliphatic heterocycles. The van der Waals surface area contributed by atoms with Crippen LogP contribution in [0.1, 0.15) is 38.5 Å². The van der Waals surface area contributed by atoms with Crippen molar-refractivity contribution in [2.75, 3.05) is 13.2 Å². The Labute approximate surface area is 119 Å². The molecule has 0 aromatic carbocycles. The Morgan fingerprint density at radius 3 is 2.80 bits per heavy atom. The molecule has 3 unspecified atom stereocenters. The summed E-state index contributed by atoms with van der Waals surface area (Å²) in [7, 11) is 0. The van der Waals surface area contributed by atoms with Crippen molar-refractivity contribution in [3.63, 3.8) is 0 Å². The minimum absolute atomic E-state index is 0.133. The lowest BCUT2D eigenvalue weighted by Crippen LogP contribution is -2.27. The maximum atomic E-state index is 12.0. The number of carbonyl (C=O) groups excluding carboxylic acids is 2. The number of hydrogen-bond acceptors (Lipinski definition) is 3. The Kier molecular flexibility index (Phi) is 2.92. The lowest BCUT2D eigenvalue weighted by molar-refractivity contribution is -0.122. The molecule has 0 aromatic heterocycles. The second kappa shape index (κ2) is 4.66. The molecule has 106 valence electrons. The molecule has 4 aliphatic rings. The van der Waals surface area contributed by atoms with Gasteiger partial charge in [-0.3, -0.25) is 9.59 Å². The average Bonchev–Trinajstić information content (AvgIpc) is 2.70. The second-order valence-electron chi connectivity index (χ2n) is 6.58. The van der Waals surface area contributed by atoms with E-state index in [2.05, 4.69) is 0 Å². The van der Waals surface area contributed by atoms with Crippen molar-refractivity contribution in [3.05, 3.63) is 22.8 Å². The minimum Gasteiger partial charge on any atom is -0.376 e. The molecule has 1 saturated heterocycles. The Balaban J connectivity index is 1.75. The number of ketones is 2. The fourth-order valence-electron chi connectivity index (χ4n) is 4.66. The van der Waals surface area contributed by atoms with Gasteiger partial charge in [-0.05, 0) is 60.3 Å². The number of Topliss-reactive ketones (excluding diaryl/α,β-unsaturated/α-hetero) is 1. The maximum Gasteiger partial charge on any atom is 0.156 e. The van der Waals surface area contributed by atoms with Crippen LogP contribution in [0, 0.1) is 17.8 Å². The lowest BCUT2D eigenvalue weighted by Gasteiger charge is -2.34. The van der Waals surface area contributed by atoms with Crippen molar-refractivity contribution >= 4 is 11.6 Å². The molecule has 0 amide bonds. The normalized spacial score (nSPS) is 37.0. The number of hydrogen-bond donors (Lipinski definition) is 0. The van der Waals surface area contributed by atoms with Crippen molar-refractivity contribution in [1.82, 2.24) is 0 Å². The summed E-state index contributed by atoms with van der Waals surface area (Å²) in [6, 6.07) is 0. The van der Waals surface area contributed by atoms with Gasteiger partial charge in [-0.2, -0.15) is 0 Å². The molecule has 20 heavy (non-hydrogen) atoms. The van der Waals surface area contributed by atoms with E-state index in [4.69, 9.17) is 4.74 Å². The molecule has 4 rings (SSSR count). The lowest BCUT2D eigenvalue weighted by atomic mass is 9.69. The zero-order valence-electron chi connectivity index (χ0n) is 11.7. The van der Waals surface area contributed by atoms with Gasteiger partial charge in [0.05, 0.1) is 13.2 Å². The highest BCUT2D eigenvalue weighted by Crippen LogP contribution is 2.48. The van der Waals surface area contributed by atoms with E-state index in [0.29, 0.717) is 37.3 Å². The Morgan fingerprint density at radius 2 is 1.90 bits per heavy atom. The average molecular weight is 272 g/mol. The summed E-state index contributed by atoms with van der Waals surface area (Å²) in [5.41, 5.74) is 4.05. The van der Waals surface area contributed by atoms with Crippen LogP contribution in [-0.2, 0) is 14.3 Å². The molecule has 3 heteroatoms. The SMILES string of the molecule is O=C1C=C2CCC3C(=C2CC1)COCC1C(=O)CCC13. The summed E-state index contributed by atoms with van der Waals surface area (Å²) < 4.78 is 5.83. The molecule has 0 aromatic rings. The topological polar surface area (TPSA) is 43.4 Å². The molecule has 0 bridgehead atoms. The Hall–Kier alpha value is -1.22. The van der Waals surface area contributed by atoms with Crippen LogP contribution < -0.4 is 0 Å². The molecule has 0 radical (unpaired) electrons. The molecule has 3 aliphatic carbocycles. The summed E-state index contributed by atoms with van der Waals surface area (Å²) in [5, 5.41) is 0. The second-order valence-corrected chi connectivity index (χ2v) is 6.58. The first-order chi connectivity index (χ1) is 9.74. The Morgan fingerprint density at radius 1 is 1.00 bits per heavy atom. The summed E-state index contributed by atoms with van der Waals surface area (Å²) >= 11 is 0. The monoisotopic (exact) mass is 272 g/mol. The molecular formula is C17H20O3. The predicted molar refractivity (Wildman–Crippen MR) is 74.1 cm³/mol. The molecule has 1 saturated carbocycles. The number of rotatable bonds is 0. The van der Waals surface area contributed by atoms with E-state index < -0.39 is 0 Å². The van der Waals surface area contributed by atoms with Crippen LogP contribution in [0.3, 0.4) is 0 Å². The largest absolute Gasteiger partial charge is 0.376 e. The first kappa shape index (κ1) is 12.5. The third-order valence-electron chi connectivity index (χ3n) is 5.63. The van der Waals surface area contributed by atoms with E-state index in [1.165, 1.54) is 16.7 Å². The maximum absolute atomic E-state index is 12.0. The van der Waals surface area contributed by atoms with E-state index >= 15 is 0 Å². The van der Waals surface area contributed by atoms with E-state index in [9.17, 15) is 9.59 Å². The van der Waals surface area contributed by atoms with Crippen molar-refractivity contribution in [2.24, 2.45) is 17.8 Å². The molecule has 1 heterocycles. The zero-order valence-corrected chi connectivity index (χ0v) is 11.7. The molecule has 0 spiro atoms. The zero-order chi connectivity index (χ0) is 13.7.